The molecule has 0 aromatic carbocycles. The van der Waals surface area contributed by atoms with Crippen molar-refractivity contribution in [2.75, 3.05) is 5.75 Å². The predicted molar refractivity (Wildman–Crippen MR) is 59.5 cm³/mol. The SMILES string of the molecule is C=C(Cl)CSc1nc(C)c(C(=O)O)s1. The van der Waals surface area contributed by atoms with Gasteiger partial charge in [0.1, 0.15) is 4.88 Å². The van der Waals surface area contributed by atoms with Gasteiger partial charge in [-0.1, -0.05) is 29.9 Å². The highest BCUT2D eigenvalue weighted by molar-refractivity contribution is 8.01. The zero-order chi connectivity index (χ0) is 10.7. The summed E-state index contributed by atoms with van der Waals surface area (Å²) in [4.78, 5) is 15.1. The van der Waals surface area contributed by atoms with Crippen LogP contribution in [0.15, 0.2) is 16.0 Å². The topological polar surface area (TPSA) is 50.2 Å². The molecule has 0 unspecified atom stereocenters. The Morgan fingerprint density at radius 3 is 2.86 bits per heavy atom. The number of nitrogens with zero attached hydrogens (tertiary/aromatic N) is 1. The van der Waals surface area contributed by atoms with Gasteiger partial charge >= 0.3 is 5.97 Å². The number of thiazole rings is 1. The quantitative estimate of drug-likeness (QED) is 0.834. The molecule has 0 radical (unpaired) electrons. The lowest BCUT2D eigenvalue weighted by Gasteiger charge is -1.91. The van der Waals surface area contributed by atoms with Crippen LogP contribution in [0.2, 0.25) is 0 Å². The van der Waals surface area contributed by atoms with Crippen LogP contribution in [0.3, 0.4) is 0 Å². The van der Waals surface area contributed by atoms with Crippen LogP contribution in [-0.4, -0.2) is 21.8 Å². The molecule has 1 rings (SSSR count). The van der Waals surface area contributed by atoms with Crippen LogP contribution in [0.4, 0.5) is 0 Å². The van der Waals surface area contributed by atoms with E-state index in [9.17, 15) is 4.79 Å². The first kappa shape index (κ1) is 11.6. The summed E-state index contributed by atoms with van der Waals surface area (Å²) >= 11 is 8.14. The molecule has 1 N–H and O–H groups in total. The second-order valence-electron chi connectivity index (χ2n) is 2.51. The molecule has 0 spiro atoms. The number of aromatic carboxylic acids is 1. The zero-order valence-corrected chi connectivity index (χ0v) is 9.80. The van der Waals surface area contributed by atoms with Crippen molar-refractivity contribution in [2.45, 2.75) is 11.3 Å². The Kier molecular flexibility index (Phi) is 3.97. The Morgan fingerprint density at radius 1 is 1.79 bits per heavy atom. The average Bonchev–Trinajstić information content (AvgIpc) is 2.43. The van der Waals surface area contributed by atoms with E-state index in [1.54, 1.807) is 6.92 Å². The summed E-state index contributed by atoms with van der Waals surface area (Å²) in [6.45, 7) is 5.22. The first-order valence-corrected chi connectivity index (χ1v) is 5.85. The van der Waals surface area contributed by atoms with Crippen molar-refractivity contribution in [2.24, 2.45) is 0 Å². The number of carboxylic acid groups (broad SMARTS) is 1. The third-order valence-electron chi connectivity index (χ3n) is 1.32. The fourth-order valence-corrected chi connectivity index (χ4v) is 2.72. The van der Waals surface area contributed by atoms with E-state index in [4.69, 9.17) is 16.7 Å². The number of thioether (sulfide) groups is 1. The van der Waals surface area contributed by atoms with Gasteiger partial charge in [-0.25, -0.2) is 9.78 Å². The molecule has 0 atom stereocenters. The van der Waals surface area contributed by atoms with Crippen LogP contribution in [0.5, 0.6) is 0 Å². The third kappa shape index (κ3) is 3.01. The van der Waals surface area contributed by atoms with Crippen LogP contribution in [-0.2, 0) is 0 Å². The molecule has 0 amide bonds. The molecule has 3 nitrogen and oxygen atoms in total. The normalized spacial score (nSPS) is 10.1. The minimum absolute atomic E-state index is 0.285. The van der Waals surface area contributed by atoms with Gasteiger partial charge in [0.25, 0.3) is 0 Å². The van der Waals surface area contributed by atoms with E-state index in [1.165, 1.54) is 11.8 Å². The Morgan fingerprint density at radius 2 is 2.43 bits per heavy atom. The molecule has 0 aliphatic carbocycles. The third-order valence-corrected chi connectivity index (χ3v) is 3.99. The van der Waals surface area contributed by atoms with Gasteiger partial charge in [0.2, 0.25) is 0 Å². The van der Waals surface area contributed by atoms with Gasteiger partial charge < -0.3 is 5.11 Å². The van der Waals surface area contributed by atoms with Crippen molar-refractivity contribution in [1.82, 2.24) is 4.98 Å². The van der Waals surface area contributed by atoms with E-state index in [0.29, 0.717) is 20.8 Å². The number of hydrogen-bond acceptors (Lipinski definition) is 4. The molecule has 6 heteroatoms. The number of carboxylic acids is 1. The minimum atomic E-state index is -0.934. The second-order valence-corrected chi connectivity index (χ2v) is 5.26. The molecule has 0 aliphatic heterocycles. The highest BCUT2D eigenvalue weighted by Crippen LogP contribution is 2.28. The lowest BCUT2D eigenvalue weighted by molar-refractivity contribution is 0.0701. The summed E-state index contributed by atoms with van der Waals surface area (Å²) in [6, 6.07) is 0. The average molecular weight is 250 g/mol. The number of halogens is 1. The van der Waals surface area contributed by atoms with Crippen LogP contribution in [0.1, 0.15) is 15.4 Å². The van der Waals surface area contributed by atoms with Crippen molar-refractivity contribution in [1.29, 1.82) is 0 Å². The maximum atomic E-state index is 10.7. The van der Waals surface area contributed by atoms with Crippen LogP contribution >= 0.6 is 34.7 Å². The van der Waals surface area contributed by atoms with Crippen molar-refractivity contribution in [3.05, 3.63) is 22.2 Å². The van der Waals surface area contributed by atoms with E-state index in [2.05, 4.69) is 11.6 Å². The van der Waals surface area contributed by atoms with Crippen molar-refractivity contribution in [3.63, 3.8) is 0 Å². The minimum Gasteiger partial charge on any atom is -0.477 e. The number of hydrogen-bond donors (Lipinski definition) is 1. The zero-order valence-electron chi connectivity index (χ0n) is 7.41. The number of carbonyl (C=O) groups is 1. The van der Waals surface area contributed by atoms with Crippen molar-refractivity contribution in [3.8, 4) is 0 Å². The molecule has 1 aromatic heterocycles. The highest BCUT2D eigenvalue weighted by atomic mass is 35.5. The Labute approximate surface area is 94.8 Å². The smallest absolute Gasteiger partial charge is 0.347 e. The number of aryl methyl sites for hydroxylation is 1. The maximum Gasteiger partial charge on any atom is 0.347 e. The second kappa shape index (κ2) is 4.82. The summed E-state index contributed by atoms with van der Waals surface area (Å²) in [5.74, 6) is -0.385. The summed E-state index contributed by atoms with van der Waals surface area (Å²) < 4.78 is 0.710. The van der Waals surface area contributed by atoms with Gasteiger partial charge in [0, 0.05) is 10.8 Å². The van der Waals surface area contributed by atoms with E-state index in [0.717, 1.165) is 11.3 Å². The largest absolute Gasteiger partial charge is 0.477 e. The van der Waals surface area contributed by atoms with Gasteiger partial charge in [-0.15, -0.1) is 11.3 Å². The van der Waals surface area contributed by atoms with Crippen LogP contribution < -0.4 is 0 Å². The number of aromatic nitrogens is 1. The fraction of sp³-hybridized carbons (Fsp3) is 0.250. The lowest BCUT2D eigenvalue weighted by atomic mass is 10.4. The van der Waals surface area contributed by atoms with Crippen molar-refractivity contribution >= 4 is 40.7 Å². The Hall–Kier alpha value is -0.520. The van der Waals surface area contributed by atoms with Gasteiger partial charge in [-0.2, -0.15) is 0 Å². The molecule has 0 fully saturated rings. The van der Waals surface area contributed by atoms with Gasteiger partial charge in [0.05, 0.1) is 5.69 Å². The summed E-state index contributed by atoms with van der Waals surface area (Å²) in [5, 5.41) is 9.30. The van der Waals surface area contributed by atoms with Gasteiger partial charge in [-0.05, 0) is 6.92 Å². The van der Waals surface area contributed by atoms with Crippen LogP contribution in [0.25, 0.3) is 0 Å². The molecule has 1 heterocycles. The Balaban J connectivity index is 2.76. The molecule has 1 aromatic rings. The fourth-order valence-electron chi connectivity index (χ4n) is 0.772. The molecule has 0 saturated heterocycles. The molecule has 0 bridgehead atoms. The maximum absolute atomic E-state index is 10.7. The van der Waals surface area contributed by atoms with E-state index < -0.39 is 5.97 Å². The van der Waals surface area contributed by atoms with E-state index >= 15 is 0 Å². The van der Waals surface area contributed by atoms with Crippen molar-refractivity contribution < 1.29 is 9.90 Å². The lowest BCUT2D eigenvalue weighted by Crippen LogP contribution is -1.94. The predicted octanol–water partition coefficient (Wildman–Crippen LogP) is 2.99. The molecule has 0 aliphatic rings. The molecule has 0 saturated carbocycles. The van der Waals surface area contributed by atoms with Gasteiger partial charge in [-0.3, -0.25) is 0 Å². The van der Waals surface area contributed by atoms with E-state index in [-0.39, 0.29) is 4.88 Å². The summed E-state index contributed by atoms with van der Waals surface area (Å²) in [6.07, 6.45) is 0. The first-order valence-electron chi connectivity index (χ1n) is 3.67. The van der Waals surface area contributed by atoms with E-state index in [1.807, 2.05) is 0 Å². The van der Waals surface area contributed by atoms with Gasteiger partial charge in [0.15, 0.2) is 4.34 Å². The molecular formula is C8H8ClNO2S2. The highest BCUT2D eigenvalue weighted by Gasteiger charge is 2.13. The summed E-state index contributed by atoms with van der Waals surface area (Å²) in [7, 11) is 0. The summed E-state index contributed by atoms with van der Waals surface area (Å²) in [5.41, 5.74) is 0.546. The molecule has 76 valence electrons. The number of rotatable bonds is 4. The molecular weight excluding hydrogens is 242 g/mol. The standard InChI is InChI=1S/C8H8ClNO2S2/c1-4(9)3-13-8-10-5(2)6(14-8)7(11)12/h1,3H2,2H3,(H,11,12). The molecule has 14 heavy (non-hydrogen) atoms. The first-order chi connectivity index (χ1) is 6.50. The van der Waals surface area contributed by atoms with Crippen LogP contribution in [0, 0.1) is 6.92 Å². The Bertz CT molecular complexity index is 375. The monoisotopic (exact) mass is 249 g/mol.